The highest BCUT2D eigenvalue weighted by molar-refractivity contribution is 5.60. The minimum Gasteiger partial charge on any atom is -0.311 e. The molecule has 1 heterocycles. The molecule has 0 bridgehead atoms. The van der Waals surface area contributed by atoms with Crippen molar-refractivity contribution in [2.24, 2.45) is 0 Å². The summed E-state index contributed by atoms with van der Waals surface area (Å²) in [5, 5.41) is 12.8. The Morgan fingerprint density at radius 3 is 2.44 bits per heavy atom. The van der Waals surface area contributed by atoms with Crippen molar-refractivity contribution >= 4 is 0 Å². The van der Waals surface area contributed by atoms with E-state index < -0.39 is 0 Å². The molecule has 27 heavy (non-hydrogen) atoms. The lowest BCUT2D eigenvalue weighted by Gasteiger charge is -2.09. The van der Waals surface area contributed by atoms with Gasteiger partial charge >= 0.3 is 0 Å². The van der Waals surface area contributed by atoms with Crippen LogP contribution in [-0.2, 0) is 13.1 Å². The van der Waals surface area contributed by atoms with Gasteiger partial charge in [0.25, 0.3) is 0 Å². The second-order valence-electron chi connectivity index (χ2n) is 6.85. The quantitative estimate of drug-likeness (QED) is 0.590. The number of halogens is 1. The van der Waals surface area contributed by atoms with Crippen LogP contribution in [0.2, 0.25) is 0 Å². The molecule has 0 unspecified atom stereocenters. The fraction of sp³-hybridized carbons (Fsp3) is 0.333. The first kappa shape index (κ1) is 19.2. The molecule has 1 aromatic heterocycles. The molecule has 142 valence electrons. The average molecular weight is 367 g/mol. The van der Waals surface area contributed by atoms with E-state index in [0.29, 0.717) is 13.1 Å². The van der Waals surface area contributed by atoms with Crippen molar-refractivity contribution in [1.29, 1.82) is 0 Å². The Bertz CT molecular complexity index is 828. The van der Waals surface area contributed by atoms with Gasteiger partial charge in [-0.25, -0.2) is 4.39 Å². The lowest BCUT2D eigenvalue weighted by atomic mass is 10.1. The van der Waals surface area contributed by atoms with Crippen LogP contribution in [0.4, 0.5) is 4.39 Å². The van der Waals surface area contributed by atoms with Crippen molar-refractivity contribution in [2.45, 2.75) is 19.5 Å². The summed E-state index contributed by atoms with van der Waals surface area (Å²) in [7, 11) is 4.16. The van der Waals surface area contributed by atoms with E-state index in [0.717, 1.165) is 42.0 Å². The molecular weight excluding hydrogens is 341 g/mol. The van der Waals surface area contributed by atoms with Crippen LogP contribution in [0.25, 0.3) is 11.3 Å². The van der Waals surface area contributed by atoms with E-state index in [9.17, 15) is 4.39 Å². The zero-order chi connectivity index (χ0) is 19.1. The molecule has 6 heteroatoms. The number of nitrogens with zero attached hydrogens (tertiary/aromatic N) is 4. The van der Waals surface area contributed by atoms with Gasteiger partial charge in [0.2, 0.25) is 0 Å². The van der Waals surface area contributed by atoms with E-state index in [4.69, 9.17) is 0 Å². The van der Waals surface area contributed by atoms with Gasteiger partial charge < -0.3 is 10.2 Å². The molecule has 0 aliphatic rings. The highest BCUT2D eigenvalue weighted by Crippen LogP contribution is 2.20. The molecule has 2 aromatic carbocycles. The summed E-state index contributed by atoms with van der Waals surface area (Å²) in [5.74, 6) is -0.236. The molecule has 0 amide bonds. The third-order valence-electron chi connectivity index (χ3n) is 4.26. The summed E-state index contributed by atoms with van der Waals surface area (Å²) in [4.78, 5) is 3.86. The molecule has 0 radical (unpaired) electrons. The van der Waals surface area contributed by atoms with E-state index in [1.54, 1.807) is 16.9 Å². The summed E-state index contributed by atoms with van der Waals surface area (Å²) in [6.07, 6.45) is 1.08. The van der Waals surface area contributed by atoms with Gasteiger partial charge in [0.05, 0.1) is 6.54 Å². The maximum absolute atomic E-state index is 13.1. The van der Waals surface area contributed by atoms with Crippen LogP contribution >= 0.6 is 0 Å². The molecule has 0 fully saturated rings. The van der Waals surface area contributed by atoms with Crippen molar-refractivity contribution in [3.63, 3.8) is 0 Å². The zero-order valence-corrected chi connectivity index (χ0v) is 15.9. The van der Waals surface area contributed by atoms with Crippen molar-refractivity contribution < 1.29 is 4.39 Å². The SMILES string of the molecule is CN(C)CCCNCc1nn(Cc2ccc(F)cc2)nc1-c1ccccc1. The zero-order valence-electron chi connectivity index (χ0n) is 15.9. The van der Waals surface area contributed by atoms with Crippen molar-refractivity contribution in [3.05, 3.63) is 71.7 Å². The first-order valence-electron chi connectivity index (χ1n) is 9.21. The topological polar surface area (TPSA) is 46.0 Å². The minimum absolute atomic E-state index is 0.236. The van der Waals surface area contributed by atoms with Crippen molar-refractivity contribution in [2.75, 3.05) is 27.2 Å². The van der Waals surface area contributed by atoms with Crippen LogP contribution in [0.5, 0.6) is 0 Å². The van der Waals surface area contributed by atoms with Crippen molar-refractivity contribution in [3.8, 4) is 11.3 Å². The molecule has 3 aromatic rings. The Balaban J connectivity index is 1.73. The fourth-order valence-electron chi connectivity index (χ4n) is 2.87. The summed E-state index contributed by atoms with van der Waals surface area (Å²) in [6, 6.07) is 16.5. The first-order chi connectivity index (χ1) is 13.1. The van der Waals surface area contributed by atoms with E-state index in [1.807, 2.05) is 30.3 Å². The Morgan fingerprint density at radius 2 is 1.74 bits per heavy atom. The van der Waals surface area contributed by atoms with Crippen molar-refractivity contribution in [1.82, 2.24) is 25.2 Å². The standard InChI is InChI=1S/C21H26FN5/c1-26(2)14-6-13-23-15-20-21(18-7-4-3-5-8-18)25-27(24-20)16-17-9-11-19(22)12-10-17/h3-5,7-12,23H,6,13-16H2,1-2H3. The Labute approximate surface area is 159 Å². The van der Waals surface area contributed by atoms with Gasteiger partial charge in [0, 0.05) is 12.1 Å². The van der Waals surface area contributed by atoms with Gasteiger partial charge in [-0.2, -0.15) is 15.0 Å². The molecule has 0 aliphatic carbocycles. The van der Waals surface area contributed by atoms with E-state index in [2.05, 4.69) is 34.5 Å². The lowest BCUT2D eigenvalue weighted by Crippen LogP contribution is -2.21. The van der Waals surface area contributed by atoms with Gasteiger partial charge in [-0.05, 0) is 51.3 Å². The smallest absolute Gasteiger partial charge is 0.123 e. The summed E-state index contributed by atoms with van der Waals surface area (Å²) >= 11 is 0. The van der Waals surface area contributed by atoms with Crippen LogP contribution < -0.4 is 5.32 Å². The maximum Gasteiger partial charge on any atom is 0.123 e. The van der Waals surface area contributed by atoms with Gasteiger partial charge in [0.15, 0.2) is 0 Å². The van der Waals surface area contributed by atoms with Crippen LogP contribution in [0.15, 0.2) is 54.6 Å². The second-order valence-corrected chi connectivity index (χ2v) is 6.85. The molecule has 0 aliphatic heterocycles. The molecule has 0 spiro atoms. The maximum atomic E-state index is 13.1. The van der Waals surface area contributed by atoms with E-state index in [1.165, 1.54) is 12.1 Å². The summed E-state index contributed by atoms with van der Waals surface area (Å²) in [6.45, 7) is 3.16. The second kappa shape index (κ2) is 9.39. The number of nitrogens with one attached hydrogen (secondary N) is 1. The average Bonchev–Trinajstić information content (AvgIpc) is 3.06. The largest absolute Gasteiger partial charge is 0.311 e. The van der Waals surface area contributed by atoms with Gasteiger partial charge in [-0.1, -0.05) is 42.5 Å². The predicted octanol–water partition coefficient (Wildman–Crippen LogP) is 3.17. The summed E-state index contributed by atoms with van der Waals surface area (Å²) < 4.78 is 13.1. The van der Waals surface area contributed by atoms with Crippen LogP contribution in [0.1, 0.15) is 17.7 Å². The first-order valence-corrected chi connectivity index (χ1v) is 9.21. The van der Waals surface area contributed by atoms with Crippen LogP contribution in [0.3, 0.4) is 0 Å². The summed E-state index contributed by atoms with van der Waals surface area (Å²) in [5.41, 5.74) is 3.83. The molecule has 0 saturated heterocycles. The molecule has 3 rings (SSSR count). The third-order valence-corrected chi connectivity index (χ3v) is 4.26. The van der Waals surface area contributed by atoms with Crippen LogP contribution in [-0.4, -0.2) is 47.1 Å². The Hall–Kier alpha value is -2.57. The van der Waals surface area contributed by atoms with Gasteiger partial charge in [-0.15, -0.1) is 0 Å². The number of hydrogen-bond acceptors (Lipinski definition) is 4. The number of aromatic nitrogens is 3. The van der Waals surface area contributed by atoms with Gasteiger partial charge in [-0.3, -0.25) is 0 Å². The van der Waals surface area contributed by atoms with Crippen LogP contribution in [0, 0.1) is 5.82 Å². The highest BCUT2D eigenvalue weighted by atomic mass is 19.1. The molecule has 0 saturated carbocycles. The Morgan fingerprint density at radius 1 is 1.00 bits per heavy atom. The predicted molar refractivity (Wildman–Crippen MR) is 106 cm³/mol. The molecular formula is C21H26FN5. The molecule has 5 nitrogen and oxygen atoms in total. The Kier molecular flexibility index (Phi) is 6.68. The third kappa shape index (κ3) is 5.70. The number of hydrogen-bond donors (Lipinski definition) is 1. The fourth-order valence-corrected chi connectivity index (χ4v) is 2.87. The van der Waals surface area contributed by atoms with E-state index >= 15 is 0 Å². The molecule has 0 atom stereocenters. The lowest BCUT2D eigenvalue weighted by molar-refractivity contribution is 0.394. The van der Waals surface area contributed by atoms with Gasteiger partial charge in [0.1, 0.15) is 17.2 Å². The minimum atomic E-state index is -0.236. The monoisotopic (exact) mass is 367 g/mol. The molecule has 1 N–H and O–H groups in total. The highest BCUT2D eigenvalue weighted by Gasteiger charge is 2.13. The number of benzene rings is 2. The number of rotatable bonds is 9. The normalized spacial score (nSPS) is 11.3. The van der Waals surface area contributed by atoms with E-state index in [-0.39, 0.29) is 5.82 Å².